The van der Waals surface area contributed by atoms with Gasteiger partial charge in [0.05, 0.1) is 0 Å². The maximum atomic E-state index is 8.70. The molecule has 80 valence electrons. The largest absolute Gasteiger partial charge is 0.349 e. The van der Waals surface area contributed by atoms with Crippen LogP contribution in [0.25, 0.3) is 0 Å². The van der Waals surface area contributed by atoms with E-state index in [-0.39, 0.29) is 5.54 Å². The van der Waals surface area contributed by atoms with E-state index in [1.807, 2.05) is 6.07 Å². The molecule has 0 aliphatic heterocycles. The van der Waals surface area contributed by atoms with Gasteiger partial charge in [-0.05, 0) is 26.3 Å². The van der Waals surface area contributed by atoms with E-state index in [0.717, 1.165) is 12.8 Å². The smallest absolute Gasteiger partial charge is 0.224 e. The van der Waals surface area contributed by atoms with Gasteiger partial charge in [-0.2, -0.15) is 5.26 Å². The lowest BCUT2D eigenvalue weighted by Crippen LogP contribution is -2.31. The summed E-state index contributed by atoms with van der Waals surface area (Å²) in [6.45, 7) is 6.33. The van der Waals surface area contributed by atoms with Crippen LogP contribution >= 0.6 is 0 Å². The molecule has 0 saturated carbocycles. The molecule has 0 aliphatic carbocycles. The van der Waals surface area contributed by atoms with E-state index in [1.165, 1.54) is 0 Å². The summed E-state index contributed by atoms with van der Waals surface area (Å²) in [5.74, 6) is 0.521. The Morgan fingerprint density at radius 2 is 2.27 bits per heavy atom. The van der Waals surface area contributed by atoms with E-state index in [1.54, 1.807) is 12.3 Å². The molecule has 1 heterocycles. The molecule has 0 spiro atoms. The summed E-state index contributed by atoms with van der Waals surface area (Å²) in [6.07, 6.45) is 3.72. The van der Waals surface area contributed by atoms with Crippen LogP contribution in [0.1, 0.15) is 39.3 Å². The van der Waals surface area contributed by atoms with Gasteiger partial charge in [0, 0.05) is 11.7 Å². The molecule has 1 rings (SSSR count). The molecule has 0 aromatic carbocycles. The summed E-state index contributed by atoms with van der Waals surface area (Å²) in [4.78, 5) is 8.16. The number of nitrogens with one attached hydrogen (secondary N) is 1. The van der Waals surface area contributed by atoms with Crippen molar-refractivity contribution in [1.82, 2.24) is 9.97 Å². The molecule has 0 saturated heterocycles. The van der Waals surface area contributed by atoms with Gasteiger partial charge >= 0.3 is 0 Å². The predicted molar refractivity (Wildman–Crippen MR) is 59.4 cm³/mol. The monoisotopic (exact) mass is 204 g/mol. The van der Waals surface area contributed by atoms with Gasteiger partial charge in [-0.25, -0.2) is 9.97 Å². The van der Waals surface area contributed by atoms with Crippen molar-refractivity contribution in [1.29, 1.82) is 5.26 Å². The highest BCUT2D eigenvalue weighted by molar-refractivity contribution is 5.32. The average Bonchev–Trinajstić information content (AvgIpc) is 2.17. The van der Waals surface area contributed by atoms with Crippen molar-refractivity contribution in [3.8, 4) is 6.07 Å². The summed E-state index contributed by atoms with van der Waals surface area (Å²) in [7, 11) is 0. The molecule has 0 bridgehead atoms. The highest BCUT2D eigenvalue weighted by Crippen LogP contribution is 2.16. The Hall–Kier alpha value is -1.63. The van der Waals surface area contributed by atoms with E-state index in [9.17, 15) is 0 Å². The van der Waals surface area contributed by atoms with Gasteiger partial charge in [0.15, 0.2) is 0 Å². The van der Waals surface area contributed by atoms with Gasteiger partial charge < -0.3 is 5.32 Å². The van der Waals surface area contributed by atoms with E-state index in [0.29, 0.717) is 11.6 Å². The highest BCUT2D eigenvalue weighted by atomic mass is 15.1. The van der Waals surface area contributed by atoms with Crippen molar-refractivity contribution in [2.45, 2.75) is 39.2 Å². The van der Waals surface area contributed by atoms with Gasteiger partial charge in [-0.3, -0.25) is 0 Å². The minimum atomic E-state index is -0.0389. The highest BCUT2D eigenvalue weighted by Gasteiger charge is 2.17. The van der Waals surface area contributed by atoms with Crippen LogP contribution in [0, 0.1) is 11.3 Å². The van der Waals surface area contributed by atoms with Gasteiger partial charge in [0.2, 0.25) is 5.95 Å². The summed E-state index contributed by atoms with van der Waals surface area (Å²) in [5, 5.41) is 11.9. The van der Waals surface area contributed by atoms with Crippen LogP contribution in [0.15, 0.2) is 12.3 Å². The number of hydrogen-bond donors (Lipinski definition) is 1. The Bertz CT molecular complexity index is 365. The second kappa shape index (κ2) is 4.74. The molecule has 15 heavy (non-hydrogen) atoms. The van der Waals surface area contributed by atoms with E-state index >= 15 is 0 Å². The van der Waals surface area contributed by atoms with Crippen LogP contribution in [-0.2, 0) is 0 Å². The number of nitriles is 1. The molecule has 4 heteroatoms. The van der Waals surface area contributed by atoms with E-state index < -0.39 is 0 Å². The first-order valence-electron chi connectivity index (χ1n) is 5.09. The van der Waals surface area contributed by atoms with Gasteiger partial charge in [-0.15, -0.1) is 0 Å². The number of nitrogens with zero attached hydrogens (tertiary/aromatic N) is 3. The summed E-state index contributed by atoms with van der Waals surface area (Å²) in [6, 6.07) is 3.59. The third-order valence-electron chi connectivity index (χ3n) is 2.10. The first-order chi connectivity index (χ1) is 7.07. The fourth-order valence-corrected chi connectivity index (χ4v) is 1.47. The van der Waals surface area contributed by atoms with Crippen molar-refractivity contribution in [2.75, 3.05) is 5.32 Å². The lowest BCUT2D eigenvalue weighted by atomic mass is 9.99. The zero-order valence-corrected chi connectivity index (χ0v) is 9.41. The van der Waals surface area contributed by atoms with Crippen LogP contribution in [0.2, 0.25) is 0 Å². The maximum absolute atomic E-state index is 8.70. The Morgan fingerprint density at radius 3 is 2.87 bits per heavy atom. The van der Waals surface area contributed by atoms with Crippen molar-refractivity contribution in [3.63, 3.8) is 0 Å². The Kier molecular flexibility index (Phi) is 3.62. The Balaban J connectivity index is 2.76. The molecular weight excluding hydrogens is 188 g/mol. The molecule has 1 aromatic heterocycles. The predicted octanol–water partition coefficient (Wildman–Crippen LogP) is 2.34. The van der Waals surface area contributed by atoms with Crippen LogP contribution in [-0.4, -0.2) is 15.5 Å². The quantitative estimate of drug-likeness (QED) is 0.817. The topological polar surface area (TPSA) is 61.6 Å². The third kappa shape index (κ3) is 3.55. The molecule has 0 fully saturated rings. The molecular formula is C11H16N4. The number of rotatable bonds is 4. The molecule has 0 amide bonds. The first-order valence-corrected chi connectivity index (χ1v) is 5.09. The minimum absolute atomic E-state index is 0.0389. The number of aromatic nitrogens is 2. The number of anilines is 1. The molecule has 1 aromatic rings. The van der Waals surface area contributed by atoms with Crippen molar-refractivity contribution >= 4 is 5.95 Å². The van der Waals surface area contributed by atoms with Gasteiger partial charge in [0.25, 0.3) is 0 Å². The second-order valence-electron chi connectivity index (χ2n) is 4.14. The van der Waals surface area contributed by atoms with E-state index in [2.05, 4.69) is 36.1 Å². The van der Waals surface area contributed by atoms with Crippen molar-refractivity contribution in [2.24, 2.45) is 0 Å². The van der Waals surface area contributed by atoms with Crippen LogP contribution in [0.3, 0.4) is 0 Å². The summed E-state index contributed by atoms with van der Waals surface area (Å²) < 4.78 is 0. The fraction of sp³-hybridized carbons (Fsp3) is 0.545. The maximum Gasteiger partial charge on any atom is 0.224 e. The SMILES string of the molecule is CCCC(C)(C)Nc1nccc(C#N)n1. The fourth-order valence-electron chi connectivity index (χ4n) is 1.47. The summed E-state index contributed by atoms with van der Waals surface area (Å²) in [5.41, 5.74) is 0.350. The number of hydrogen-bond acceptors (Lipinski definition) is 4. The van der Waals surface area contributed by atoms with Crippen LogP contribution in [0.4, 0.5) is 5.95 Å². The zero-order valence-electron chi connectivity index (χ0n) is 9.41. The normalized spacial score (nSPS) is 10.8. The lowest BCUT2D eigenvalue weighted by molar-refractivity contribution is 0.506. The Morgan fingerprint density at radius 1 is 1.53 bits per heavy atom. The molecule has 4 nitrogen and oxygen atoms in total. The molecule has 1 N–H and O–H groups in total. The minimum Gasteiger partial charge on any atom is -0.349 e. The molecule has 0 atom stereocenters. The zero-order chi connectivity index (χ0) is 11.3. The van der Waals surface area contributed by atoms with Crippen molar-refractivity contribution in [3.05, 3.63) is 18.0 Å². The van der Waals surface area contributed by atoms with Gasteiger partial charge in [0.1, 0.15) is 11.8 Å². The molecule has 0 aliphatic rings. The van der Waals surface area contributed by atoms with E-state index in [4.69, 9.17) is 5.26 Å². The Labute approximate surface area is 90.4 Å². The summed E-state index contributed by atoms with van der Waals surface area (Å²) >= 11 is 0. The van der Waals surface area contributed by atoms with Crippen LogP contribution < -0.4 is 5.32 Å². The second-order valence-corrected chi connectivity index (χ2v) is 4.14. The first kappa shape index (κ1) is 11.4. The molecule has 0 unspecified atom stereocenters. The average molecular weight is 204 g/mol. The standard InChI is InChI=1S/C11H16N4/c1-4-6-11(2,3)15-10-13-7-5-9(8-12)14-10/h5,7H,4,6H2,1-3H3,(H,13,14,15). The van der Waals surface area contributed by atoms with Crippen LogP contribution in [0.5, 0.6) is 0 Å². The van der Waals surface area contributed by atoms with Crippen molar-refractivity contribution < 1.29 is 0 Å². The lowest BCUT2D eigenvalue weighted by Gasteiger charge is -2.25. The van der Waals surface area contributed by atoms with Gasteiger partial charge in [-0.1, -0.05) is 13.3 Å². The molecule has 0 radical (unpaired) electrons. The third-order valence-corrected chi connectivity index (χ3v) is 2.10.